The minimum Gasteiger partial charge on any atom is -0.378 e. The van der Waals surface area contributed by atoms with E-state index < -0.39 is 24.4 Å². The Labute approximate surface area is 184 Å². The number of ether oxygens (including phenoxy) is 1. The van der Waals surface area contributed by atoms with Gasteiger partial charge in [-0.25, -0.2) is 0 Å². The quantitative estimate of drug-likeness (QED) is 0.154. The van der Waals surface area contributed by atoms with Crippen molar-refractivity contribution in [2.45, 2.75) is 127 Å². The molecule has 1 aliphatic carbocycles. The second-order valence-corrected chi connectivity index (χ2v) is 8.76. The fourth-order valence-electron chi connectivity index (χ4n) is 4.04. The summed E-state index contributed by atoms with van der Waals surface area (Å²) < 4.78 is 69.1. The minimum atomic E-state index is -5.70. The van der Waals surface area contributed by atoms with Gasteiger partial charge in [0.05, 0.1) is 12.0 Å². The number of carbonyl (C=O) groups excluding carboxylic acids is 1. The number of hydrogen-bond acceptors (Lipinski definition) is 2. The van der Waals surface area contributed by atoms with E-state index in [4.69, 9.17) is 4.74 Å². The molecule has 0 amide bonds. The lowest BCUT2D eigenvalue weighted by molar-refractivity contribution is -0.294. The predicted octanol–water partition coefficient (Wildman–Crippen LogP) is 8.14. The first-order valence-corrected chi connectivity index (χ1v) is 12.0. The molecule has 0 aliphatic heterocycles. The molecule has 7 heteroatoms. The maximum Gasteiger partial charge on any atom is 0.454 e. The van der Waals surface area contributed by atoms with Gasteiger partial charge >= 0.3 is 12.1 Å². The van der Waals surface area contributed by atoms with Gasteiger partial charge in [-0.05, 0) is 44.9 Å². The van der Waals surface area contributed by atoms with Crippen molar-refractivity contribution in [2.24, 2.45) is 5.92 Å². The van der Waals surface area contributed by atoms with Crippen LogP contribution in [-0.2, 0) is 9.53 Å². The molecule has 0 aromatic carbocycles. The zero-order valence-electron chi connectivity index (χ0n) is 18.7. The van der Waals surface area contributed by atoms with E-state index in [9.17, 15) is 26.7 Å². The molecule has 1 saturated carbocycles. The van der Waals surface area contributed by atoms with Crippen molar-refractivity contribution in [1.29, 1.82) is 0 Å². The van der Waals surface area contributed by atoms with Crippen LogP contribution in [0.3, 0.4) is 0 Å². The molecular formula is C24H39F5O2. The van der Waals surface area contributed by atoms with Gasteiger partial charge in [0.2, 0.25) is 6.29 Å². The topological polar surface area (TPSA) is 26.3 Å². The molecular weight excluding hydrogens is 415 g/mol. The third-order valence-corrected chi connectivity index (χ3v) is 6.08. The molecule has 0 spiro atoms. The standard InChI is InChI=1S/C24H39F5O2/c25-23(26,24(27,28)29)21(20-30)16-12-9-7-5-3-1-2-4-6-8-10-15-19-31-22-17-13-11-14-18-22/h11,21-22H,1-10,12-19H2. The lowest BCUT2D eigenvalue weighted by Crippen LogP contribution is -2.44. The Bertz CT molecular complexity index is 448. The van der Waals surface area contributed by atoms with Crippen molar-refractivity contribution in [3.05, 3.63) is 6.42 Å². The molecule has 1 atom stereocenters. The number of rotatable bonds is 18. The summed E-state index contributed by atoms with van der Waals surface area (Å²) in [5.41, 5.74) is 0. The van der Waals surface area contributed by atoms with Crippen molar-refractivity contribution >= 4 is 6.29 Å². The largest absolute Gasteiger partial charge is 0.454 e. The van der Waals surface area contributed by atoms with Crippen LogP contribution < -0.4 is 0 Å². The second kappa shape index (κ2) is 16.0. The van der Waals surface area contributed by atoms with Crippen molar-refractivity contribution in [3.63, 3.8) is 0 Å². The van der Waals surface area contributed by atoms with E-state index in [-0.39, 0.29) is 6.42 Å². The van der Waals surface area contributed by atoms with Gasteiger partial charge in [0.15, 0.2) is 0 Å². The van der Waals surface area contributed by atoms with E-state index in [1.165, 1.54) is 57.8 Å². The lowest BCUT2D eigenvalue weighted by Gasteiger charge is -2.24. The first-order valence-electron chi connectivity index (χ1n) is 12.0. The number of halogens is 5. The van der Waals surface area contributed by atoms with Crippen molar-refractivity contribution < 1.29 is 31.5 Å². The van der Waals surface area contributed by atoms with Crippen LogP contribution in [0.5, 0.6) is 0 Å². The molecule has 0 aromatic rings. The Morgan fingerprint density at radius 3 is 1.68 bits per heavy atom. The number of alkyl halides is 5. The molecule has 1 aliphatic rings. The molecule has 0 saturated heterocycles. The Morgan fingerprint density at radius 1 is 0.774 bits per heavy atom. The van der Waals surface area contributed by atoms with E-state index in [1.54, 1.807) is 0 Å². The summed E-state index contributed by atoms with van der Waals surface area (Å²) in [5, 5.41) is 0. The van der Waals surface area contributed by atoms with Crippen LogP contribution in [0.25, 0.3) is 0 Å². The van der Waals surface area contributed by atoms with Gasteiger partial charge in [0.1, 0.15) is 0 Å². The van der Waals surface area contributed by atoms with Crippen LogP contribution in [0.15, 0.2) is 0 Å². The smallest absolute Gasteiger partial charge is 0.378 e. The molecule has 1 rings (SSSR count). The van der Waals surface area contributed by atoms with Gasteiger partial charge in [-0.3, -0.25) is 4.79 Å². The molecule has 1 fully saturated rings. The second-order valence-electron chi connectivity index (χ2n) is 8.76. The normalized spacial score (nSPS) is 17.1. The Hall–Kier alpha value is -0.720. The van der Waals surface area contributed by atoms with E-state index in [0.29, 0.717) is 12.5 Å². The summed E-state index contributed by atoms with van der Waals surface area (Å²) >= 11 is 0. The first kappa shape index (κ1) is 28.3. The zero-order chi connectivity index (χ0) is 23.0. The molecule has 0 aromatic heterocycles. The summed E-state index contributed by atoms with van der Waals surface area (Å²) in [4.78, 5) is 10.5. The average molecular weight is 455 g/mol. The number of unbranched alkanes of at least 4 members (excludes halogenated alkanes) is 11. The highest BCUT2D eigenvalue weighted by atomic mass is 19.4. The van der Waals surface area contributed by atoms with Crippen molar-refractivity contribution in [3.8, 4) is 0 Å². The maximum atomic E-state index is 13.1. The van der Waals surface area contributed by atoms with Crippen LogP contribution in [0.1, 0.15) is 109 Å². The summed E-state index contributed by atoms with van der Waals surface area (Å²) in [6, 6.07) is 0. The summed E-state index contributed by atoms with van der Waals surface area (Å²) in [7, 11) is 0. The molecule has 0 bridgehead atoms. The summed E-state index contributed by atoms with van der Waals surface area (Å²) in [6.07, 6.45) is 14.1. The van der Waals surface area contributed by atoms with Gasteiger partial charge in [-0.2, -0.15) is 22.0 Å². The Kier molecular flexibility index (Phi) is 14.6. The van der Waals surface area contributed by atoms with Gasteiger partial charge in [-0.1, -0.05) is 70.6 Å². The monoisotopic (exact) mass is 454 g/mol. The highest BCUT2D eigenvalue weighted by molar-refractivity contribution is 5.56. The minimum absolute atomic E-state index is 0.189. The Morgan fingerprint density at radius 2 is 1.23 bits per heavy atom. The van der Waals surface area contributed by atoms with E-state index >= 15 is 0 Å². The number of hydrogen-bond donors (Lipinski definition) is 0. The predicted molar refractivity (Wildman–Crippen MR) is 113 cm³/mol. The molecule has 31 heavy (non-hydrogen) atoms. The highest BCUT2D eigenvalue weighted by Crippen LogP contribution is 2.42. The molecule has 182 valence electrons. The van der Waals surface area contributed by atoms with Gasteiger partial charge in [-0.15, -0.1) is 0 Å². The third-order valence-electron chi connectivity index (χ3n) is 6.08. The zero-order valence-corrected chi connectivity index (χ0v) is 18.7. The van der Waals surface area contributed by atoms with Crippen LogP contribution in [0, 0.1) is 12.3 Å². The van der Waals surface area contributed by atoms with Crippen molar-refractivity contribution in [1.82, 2.24) is 0 Å². The SMILES string of the molecule is O=[C]C(CCCCCCCCCCCCCCOC1CC[CH]CC1)C(F)(F)C(F)(F)F. The molecule has 1 unspecified atom stereocenters. The fourth-order valence-corrected chi connectivity index (χ4v) is 4.04. The summed E-state index contributed by atoms with van der Waals surface area (Å²) in [6.45, 7) is 0.879. The van der Waals surface area contributed by atoms with Crippen LogP contribution in [0.2, 0.25) is 0 Å². The van der Waals surface area contributed by atoms with Gasteiger partial charge in [0.25, 0.3) is 0 Å². The van der Waals surface area contributed by atoms with Crippen LogP contribution in [-0.4, -0.2) is 31.1 Å². The molecule has 2 radical (unpaired) electrons. The maximum absolute atomic E-state index is 13.1. The van der Waals surface area contributed by atoms with E-state index in [1.807, 2.05) is 0 Å². The average Bonchev–Trinajstić information content (AvgIpc) is 2.73. The summed E-state index contributed by atoms with van der Waals surface area (Å²) in [5.74, 6) is -7.39. The fraction of sp³-hybridized carbons (Fsp3) is 0.917. The molecule has 2 nitrogen and oxygen atoms in total. The van der Waals surface area contributed by atoms with Crippen LogP contribution >= 0.6 is 0 Å². The van der Waals surface area contributed by atoms with Crippen LogP contribution in [0.4, 0.5) is 22.0 Å². The van der Waals surface area contributed by atoms with Gasteiger partial charge < -0.3 is 4.74 Å². The third kappa shape index (κ3) is 12.2. The molecule has 0 N–H and O–H groups in total. The Balaban J connectivity index is 1.85. The molecule has 0 heterocycles. The first-order chi connectivity index (χ1) is 14.8. The highest BCUT2D eigenvalue weighted by Gasteiger charge is 2.62. The van der Waals surface area contributed by atoms with E-state index in [0.717, 1.165) is 45.0 Å². The lowest BCUT2D eigenvalue weighted by atomic mass is 9.95. The van der Waals surface area contributed by atoms with Gasteiger partial charge in [0, 0.05) is 6.61 Å². The van der Waals surface area contributed by atoms with E-state index in [2.05, 4.69) is 6.42 Å². The van der Waals surface area contributed by atoms with Crippen molar-refractivity contribution in [2.75, 3.05) is 6.61 Å².